The van der Waals surface area contributed by atoms with Crippen molar-refractivity contribution in [3.8, 4) is 0 Å². The summed E-state index contributed by atoms with van der Waals surface area (Å²) in [4.78, 5) is 17.2. The SMILES string of the molecule is CCC1CCC(C)N1C(=O)C(N)=NC=N. The van der Waals surface area contributed by atoms with Crippen LogP contribution in [0.15, 0.2) is 4.99 Å². The van der Waals surface area contributed by atoms with E-state index in [0.717, 1.165) is 25.6 Å². The monoisotopic (exact) mass is 210 g/mol. The topological polar surface area (TPSA) is 82.5 Å². The molecule has 1 rings (SSSR count). The number of carbonyl (C=O) groups excluding carboxylic acids is 1. The van der Waals surface area contributed by atoms with E-state index in [1.165, 1.54) is 0 Å². The number of carbonyl (C=O) groups is 1. The standard InChI is InChI=1S/C10H18N4O/c1-3-8-5-4-7(2)14(8)10(15)9(12)13-6-11/h6-8H,3-5H2,1-2H3,(H3,11,12,13). The number of nitrogens with one attached hydrogen (secondary N) is 1. The first-order chi connectivity index (χ1) is 7.11. The largest absolute Gasteiger partial charge is 0.379 e. The second-order valence-corrected chi connectivity index (χ2v) is 3.84. The van der Waals surface area contributed by atoms with Gasteiger partial charge in [-0.25, -0.2) is 4.99 Å². The lowest BCUT2D eigenvalue weighted by Gasteiger charge is -2.27. The van der Waals surface area contributed by atoms with Crippen molar-refractivity contribution in [2.45, 2.75) is 45.2 Å². The van der Waals surface area contributed by atoms with Crippen LogP contribution in [0.3, 0.4) is 0 Å². The molecule has 0 radical (unpaired) electrons. The molecule has 0 saturated carbocycles. The minimum absolute atomic E-state index is 0.0859. The normalized spacial score (nSPS) is 26.8. The molecule has 84 valence electrons. The van der Waals surface area contributed by atoms with E-state index in [2.05, 4.69) is 11.9 Å². The lowest BCUT2D eigenvalue weighted by Crippen LogP contribution is -2.46. The summed E-state index contributed by atoms with van der Waals surface area (Å²) in [6, 6.07) is 0.494. The first-order valence-electron chi connectivity index (χ1n) is 5.26. The molecule has 0 bridgehead atoms. The molecular formula is C10H18N4O. The summed E-state index contributed by atoms with van der Waals surface area (Å²) >= 11 is 0. The number of amidine groups is 1. The molecule has 2 atom stereocenters. The first kappa shape index (κ1) is 11.7. The van der Waals surface area contributed by atoms with Crippen LogP contribution in [0, 0.1) is 5.41 Å². The summed E-state index contributed by atoms with van der Waals surface area (Å²) in [6.07, 6.45) is 3.78. The van der Waals surface area contributed by atoms with Gasteiger partial charge in [0.05, 0.1) is 0 Å². The Bertz CT molecular complexity index is 287. The average Bonchev–Trinajstić information content (AvgIpc) is 2.58. The van der Waals surface area contributed by atoms with Gasteiger partial charge in [-0.3, -0.25) is 10.2 Å². The zero-order valence-electron chi connectivity index (χ0n) is 9.23. The van der Waals surface area contributed by atoms with E-state index in [-0.39, 0.29) is 23.8 Å². The maximum Gasteiger partial charge on any atom is 0.289 e. The summed E-state index contributed by atoms with van der Waals surface area (Å²) in [5.41, 5.74) is 5.49. The molecule has 1 fully saturated rings. The van der Waals surface area contributed by atoms with Gasteiger partial charge in [-0.05, 0) is 26.2 Å². The molecule has 1 aliphatic rings. The van der Waals surface area contributed by atoms with E-state index in [9.17, 15) is 4.79 Å². The Balaban J connectivity index is 2.81. The molecule has 1 heterocycles. The second kappa shape index (κ2) is 4.91. The summed E-state index contributed by atoms with van der Waals surface area (Å²) in [5.74, 6) is -0.326. The molecule has 15 heavy (non-hydrogen) atoms. The number of hydrogen-bond acceptors (Lipinski definition) is 2. The van der Waals surface area contributed by atoms with Gasteiger partial charge in [0.25, 0.3) is 5.91 Å². The molecular weight excluding hydrogens is 192 g/mol. The third kappa shape index (κ3) is 2.34. The van der Waals surface area contributed by atoms with Crippen molar-refractivity contribution in [3.63, 3.8) is 0 Å². The summed E-state index contributed by atoms with van der Waals surface area (Å²) in [6.45, 7) is 4.08. The van der Waals surface area contributed by atoms with Crippen molar-refractivity contribution in [1.29, 1.82) is 5.41 Å². The number of hydrogen-bond donors (Lipinski definition) is 2. The Labute approximate surface area is 89.9 Å². The molecule has 5 heteroatoms. The van der Waals surface area contributed by atoms with Gasteiger partial charge >= 0.3 is 0 Å². The van der Waals surface area contributed by atoms with Gasteiger partial charge in [0, 0.05) is 12.1 Å². The van der Waals surface area contributed by atoms with Gasteiger partial charge in [0.2, 0.25) is 0 Å². The number of likely N-dealkylation sites (tertiary alicyclic amines) is 1. The molecule has 0 aromatic heterocycles. The van der Waals surface area contributed by atoms with E-state index in [0.29, 0.717) is 0 Å². The Morgan fingerprint density at radius 1 is 1.67 bits per heavy atom. The Hall–Kier alpha value is -1.39. The zero-order chi connectivity index (χ0) is 11.4. The van der Waals surface area contributed by atoms with Crippen molar-refractivity contribution >= 4 is 18.1 Å². The number of nitrogens with zero attached hydrogens (tertiary/aromatic N) is 2. The van der Waals surface area contributed by atoms with E-state index >= 15 is 0 Å². The van der Waals surface area contributed by atoms with E-state index in [1.54, 1.807) is 4.90 Å². The Morgan fingerprint density at radius 2 is 2.33 bits per heavy atom. The van der Waals surface area contributed by atoms with Crippen molar-refractivity contribution in [2.24, 2.45) is 10.7 Å². The lowest BCUT2D eigenvalue weighted by molar-refractivity contribution is -0.126. The Morgan fingerprint density at radius 3 is 2.87 bits per heavy atom. The van der Waals surface area contributed by atoms with Gasteiger partial charge in [0.15, 0.2) is 5.84 Å². The van der Waals surface area contributed by atoms with Crippen molar-refractivity contribution in [1.82, 2.24) is 4.90 Å². The van der Waals surface area contributed by atoms with Crippen LogP contribution in [0.2, 0.25) is 0 Å². The van der Waals surface area contributed by atoms with Crippen LogP contribution in [0.1, 0.15) is 33.1 Å². The van der Waals surface area contributed by atoms with Crippen LogP contribution in [-0.2, 0) is 4.79 Å². The van der Waals surface area contributed by atoms with E-state index in [4.69, 9.17) is 11.1 Å². The summed E-state index contributed by atoms with van der Waals surface area (Å²) < 4.78 is 0. The smallest absolute Gasteiger partial charge is 0.289 e. The van der Waals surface area contributed by atoms with Gasteiger partial charge in [-0.2, -0.15) is 0 Å². The zero-order valence-corrected chi connectivity index (χ0v) is 9.23. The molecule has 0 aromatic carbocycles. The number of rotatable bonds is 2. The van der Waals surface area contributed by atoms with Crippen molar-refractivity contribution < 1.29 is 4.79 Å². The molecule has 2 unspecified atom stereocenters. The minimum Gasteiger partial charge on any atom is -0.379 e. The number of amides is 1. The quantitative estimate of drug-likeness (QED) is 0.520. The number of aliphatic imine (C=N–C) groups is 1. The highest BCUT2D eigenvalue weighted by Gasteiger charge is 2.34. The summed E-state index contributed by atoms with van der Waals surface area (Å²) in [7, 11) is 0. The molecule has 0 aromatic rings. The van der Waals surface area contributed by atoms with Gasteiger partial charge in [0.1, 0.15) is 6.34 Å². The van der Waals surface area contributed by atoms with Gasteiger partial charge in [-0.1, -0.05) is 6.92 Å². The van der Waals surface area contributed by atoms with Crippen LogP contribution in [0.25, 0.3) is 0 Å². The highest BCUT2D eigenvalue weighted by atomic mass is 16.2. The minimum atomic E-state index is -0.240. The maximum absolute atomic E-state index is 11.9. The van der Waals surface area contributed by atoms with Crippen molar-refractivity contribution in [3.05, 3.63) is 0 Å². The van der Waals surface area contributed by atoms with Crippen LogP contribution < -0.4 is 5.73 Å². The molecule has 1 amide bonds. The maximum atomic E-state index is 11.9. The highest BCUT2D eigenvalue weighted by Crippen LogP contribution is 2.25. The third-order valence-electron chi connectivity index (χ3n) is 2.91. The third-order valence-corrected chi connectivity index (χ3v) is 2.91. The van der Waals surface area contributed by atoms with Crippen LogP contribution in [0.5, 0.6) is 0 Å². The molecule has 5 nitrogen and oxygen atoms in total. The fourth-order valence-corrected chi connectivity index (χ4v) is 2.10. The van der Waals surface area contributed by atoms with Crippen molar-refractivity contribution in [2.75, 3.05) is 0 Å². The molecule has 0 spiro atoms. The van der Waals surface area contributed by atoms with E-state index < -0.39 is 0 Å². The Kier molecular flexibility index (Phi) is 3.82. The predicted octanol–water partition coefficient (Wildman–Crippen LogP) is 0.740. The van der Waals surface area contributed by atoms with Crippen LogP contribution >= 0.6 is 0 Å². The van der Waals surface area contributed by atoms with Crippen LogP contribution in [0.4, 0.5) is 0 Å². The second-order valence-electron chi connectivity index (χ2n) is 3.84. The van der Waals surface area contributed by atoms with E-state index in [1.807, 2.05) is 6.92 Å². The first-order valence-corrected chi connectivity index (χ1v) is 5.26. The fourth-order valence-electron chi connectivity index (χ4n) is 2.10. The molecule has 1 aliphatic heterocycles. The number of nitrogens with two attached hydrogens (primary N) is 1. The average molecular weight is 210 g/mol. The van der Waals surface area contributed by atoms with Gasteiger partial charge < -0.3 is 10.6 Å². The lowest BCUT2D eigenvalue weighted by atomic mass is 10.1. The molecule has 0 aliphatic carbocycles. The molecule has 1 saturated heterocycles. The predicted molar refractivity (Wildman–Crippen MR) is 60.0 cm³/mol. The molecule has 3 N–H and O–H groups in total. The highest BCUT2D eigenvalue weighted by molar-refractivity contribution is 6.38. The van der Waals surface area contributed by atoms with Crippen LogP contribution in [-0.4, -0.2) is 35.1 Å². The summed E-state index contributed by atoms with van der Waals surface area (Å²) in [5, 5.41) is 6.78. The fraction of sp³-hybridized carbons (Fsp3) is 0.700. The van der Waals surface area contributed by atoms with Gasteiger partial charge in [-0.15, -0.1) is 0 Å².